The molecule has 0 bridgehead atoms. The molecular weight excluding hydrogens is 414 g/mol. The average Bonchev–Trinajstić information content (AvgIpc) is 3.08. The monoisotopic (exact) mass is 430 g/mol. The first-order valence-corrected chi connectivity index (χ1v) is 9.68. The number of carbonyl (C=O) groups is 1. The SMILES string of the molecule is CN(C)c1c(F)c(Cl)c(-c2ccc3nc(NC(=O)[C@H]4C[C@@H]4F)cn3c2)c2cn[nH]c12. The number of alkyl halides is 1. The Balaban J connectivity index is 1.59. The fraction of sp³-hybridized carbons (Fsp3) is 0.250. The summed E-state index contributed by atoms with van der Waals surface area (Å²) >= 11 is 6.43. The zero-order valence-electron chi connectivity index (χ0n) is 16.1. The van der Waals surface area contributed by atoms with E-state index in [0.717, 1.165) is 0 Å². The number of halogens is 3. The molecule has 2 atom stereocenters. The lowest BCUT2D eigenvalue weighted by Crippen LogP contribution is -2.15. The number of pyridine rings is 1. The topological polar surface area (TPSA) is 78.3 Å². The van der Waals surface area contributed by atoms with E-state index in [4.69, 9.17) is 11.6 Å². The molecule has 1 aromatic carbocycles. The van der Waals surface area contributed by atoms with Crippen LogP contribution in [0.2, 0.25) is 5.02 Å². The van der Waals surface area contributed by atoms with Crippen LogP contribution in [0.4, 0.5) is 20.3 Å². The molecule has 1 saturated carbocycles. The molecule has 0 aliphatic heterocycles. The van der Waals surface area contributed by atoms with Crippen molar-refractivity contribution in [3.8, 4) is 11.1 Å². The number of nitrogens with zero attached hydrogens (tertiary/aromatic N) is 4. The first-order valence-electron chi connectivity index (χ1n) is 9.30. The fourth-order valence-corrected chi connectivity index (χ4v) is 3.95. The number of imidazole rings is 1. The summed E-state index contributed by atoms with van der Waals surface area (Å²) in [5.74, 6) is -1.20. The van der Waals surface area contributed by atoms with Gasteiger partial charge >= 0.3 is 0 Å². The molecule has 1 fully saturated rings. The van der Waals surface area contributed by atoms with E-state index in [2.05, 4.69) is 20.5 Å². The Labute approximate surface area is 174 Å². The quantitative estimate of drug-likeness (QED) is 0.512. The molecule has 1 aliphatic carbocycles. The Kier molecular flexibility index (Phi) is 4.18. The zero-order chi connectivity index (χ0) is 21.2. The molecule has 1 aliphatic rings. The van der Waals surface area contributed by atoms with Gasteiger partial charge in [-0.15, -0.1) is 0 Å². The number of hydrogen-bond acceptors (Lipinski definition) is 4. The molecule has 4 aromatic rings. The summed E-state index contributed by atoms with van der Waals surface area (Å²) in [4.78, 5) is 17.9. The molecular formula is C20H17ClF2N6O. The van der Waals surface area contributed by atoms with E-state index in [1.165, 1.54) is 0 Å². The molecule has 0 unspecified atom stereocenters. The van der Waals surface area contributed by atoms with Crippen LogP contribution in [0, 0.1) is 11.7 Å². The number of fused-ring (bicyclic) bond motifs is 2. The van der Waals surface area contributed by atoms with Crippen molar-refractivity contribution < 1.29 is 13.6 Å². The fourth-order valence-electron chi connectivity index (χ4n) is 3.65. The summed E-state index contributed by atoms with van der Waals surface area (Å²) < 4.78 is 29.8. The number of carbonyl (C=O) groups excluding carboxylic acids is 1. The molecule has 0 saturated heterocycles. The zero-order valence-corrected chi connectivity index (χ0v) is 16.8. The summed E-state index contributed by atoms with van der Waals surface area (Å²) in [6.45, 7) is 0. The maximum Gasteiger partial charge on any atom is 0.231 e. The molecule has 3 aromatic heterocycles. The van der Waals surface area contributed by atoms with Crippen molar-refractivity contribution in [2.24, 2.45) is 5.92 Å². The Morgan fingerprint density at radius 2 is 2.13 bits per heavy atom. The Bertz CT molecular complexity index is 1310. The number of aromatic amines is 1. The lowest BCUT2D eigenvalue weighted by molar-refractivity contribution is -0.117. The van der Waals surface area contributed by atoms with Crippen molar-refractivity contribution in [1.82, 2.24) is 19.6 Å². The van der Waals surface area contributed by atoms with Gasteiger partial charge in [0, 0.05) is 36.8 Å². The summed E-state index contributed by atoms with van der Waals surface area (Å²) in [7, 11) is 3.46. The van der Waals surface area contributed by atoms with Crippen molar-refractivity contribution in [2.75, 3.05) is 24.3 Å². The third-order valence-electron chi connectivity index (χ3n) is 5.25. The standard InChI is InChI=1S/C20H17ClF2N6O/c1-28(2)19-17(23)16(21)15(11-6-24-27-18(11)19)9-3-4-14-25-13(8-29(14)7-9)26-20(30)10-5-12(10)22/h3-4,6-8,10,12H,5H2,1-2H3,(H,24,27)(H,26,30)/t10-,12-/m0/s1. The normalized spacial score (nSPS) is 18.2. The molecule has 0 spiro atoms. The van der Waals surface area contributed by atoms with Gasteiger partial charge < -0.3 is 14.6 Å². The predicted molar refractivity (Wildman–Crippen MR) is 111 cm³/mol. The number of H-pyrrole nitrogens is 1. The molecule has 30 heavy (non-hydrogen) atoms. The number of amides is 1. The van der Waals surface area contributed by atoms with Gasteiger partial charge in [-0.1, -0.05) is 11.6 Å². The molecule has 2 N–H and O–H groups in total. The van der Waals surface area contributed by atoms with Crippen molar-refractivity contribution in [3.63, 3.8) is 0 Å². The van der Waals surface area contributed by atoms with Crippen LogP contribution in [-0.2, 0) is 4.79 Å². The van der Waals surface area contributed by atoms with Gasteiger partial charge in [-0.2, -0.15) is 5.10 Å². The van der Waals surface area contributed by atoms with E-state index in [-0.39, 0.29) is 17.4 Å². The van der Waals surface area contributed by atoms with Gasteiger partial charge in [0.1, 0.15) is 17.5 Å². The molecule has 7 nitrogen and oxygen atoms in total. The molecule has 1 amide bonds. The molecule has 0 radical (unpaired) electrons. The highest BCUT2D eigenvalue weighted by atomic mass is 35.5. The highest BCUT2D eigenvalue weighted by Gasteiger charge is 2.43. The van der Waals surface area contributed by atoms with E-state index in [9.17, 15) is 9.18 Å². The molecule has 3 heterocycles. The van der Waals surface area contributed by atoms with Gasteiger partial charge in [0.25, 0.3) is 0 Å². The minimum atomic E-state index is -1.08. The number of rotatable bonds is 4. The van der Waals surface area contributed by atoms with Crippen LogP contribution in [0.15, 0.2) is 30.7 Å². The van der Waals surface area contributed by atoms with Crippen LogP contribution < -0.4 is 10.2 Å². The van der Waals surface area contributed by atoms with E-state index in [1.54, 1.807) is 54.1 Å². The third kappa shape index (κ3) is 2.88. The Hall–Kier alpha value is -3.20. The number of aromatic nitrogens is 4. The second kappa shape index (κ2) is 6.66. The molecule has 10 heteroatoms. The highest BCUT2D eigenvalue weighted by Crippen LogP contribution is 2.42. The van der Waals surface area contributed by atoms with Crippen molar-refractivity contribution in [1.29, 1.82) is 0 Å². The van der Waals surface area contributed by atoms with Crippen LogP contribution >= 0.6 is 11.6 Å². The van der Waals surface area contributed by atoms with Crippen molar-refractivity contribution in [3.05, 3.63) is 41.6 Å². The first kappa shape index (κ1) is 18.8. The lowest BCUT2D eigenvalue weighted by Gasteiger charge is -2.18. The molecule has 154 valence electrons. The second-order valence-corrected chi connectivity index (χ2v) is 7.94. The Morgan fingerprint density at radius 1 is 1.37 bits per heavy atom. The van der Waals surface area contributed by atoms with Gasteiger partial charge in [0.2, 0.25) is 5.91 Å². The van der Waals surface area contributed by atoms with Crippen LogP contribution in [0.25, 0.3) is 27.7 Å². The van der Waals surface area contributed by atoms with Crippen LogP contribution in [0.1, 0.15) is 6.42 Å². The number of benzene rings is 1. The average molecular weight is 431 g/mol. The van der Waals surface area contributed by atoms with Crippen molar-refractivity contribution >= 4 is 45.6 Å². The minimum Gasteiger partial charge on any atom is -0.373 e. The smallest absolute Gasteiger partial charge is 0.231 e. The largest absolute Gasteiger partial charge is 0.373 e. The maximum absolute atomic E-state index is 15.1. The summed E-state index contributed by atoms with van der Waals surface area (Å²) in [6, 6.07) is 3.51. The summed E-state index contributed by atoms with van der Waals surface area (Å²) in [5, 5.41) is 10.2. The van der Waals surface area contributed by atoms with E-state index in [1.807, 2.05) is 0 Å². The lowest BCUT2D eigenvalue weighted by atomic mass is 10.0. The van der Waals surface area contributed by atoms with Gasteiger partial charge in [0.05, 0.1) is 28.9 Å². The third-order valence-corrected chi connectivity index (χ3v) is 5.61. The maximum atomic E-state index is 15.1. The van der Waals surface area contributed by atoms with Crippen LogP contribution in [0.5, 0.6) is 0 Å². The second-order valence-electron chi connectivity index (χ2n) is 7.56. The number of nitrogens with one attached hydrogen (secondary N) is 2. The number of anilines is 2. The van der Waals surface area contributed by atoms with Gasteiger partial charge in [0.15, 0.2) is 11.6 Å². The van der Waals surface area contributed by atoms with Gasteiger partial charge in [-0.3, -0.25) is 9.89 Å². The summed E-state index contributed by atoms with van der Waals surface area (Å²) in [5.41, 5.74) is 2.61. The number of hydrogen-bond donors (Lipinski definition) is 2. The summed E-state index contributed by atoms with van der Waals surface area (Å²) in [6.07, 6.45) is 4.15. The van der Waals surface area contributed by atoms with E-state index >= 15 is 4.39 Å². The van der Waals surface area contributed by atoms with Crippen molar-refractivity contribution in [2.45, 2.75) is 12.6 Å². The van der Waals surface area contributed by atoms with E-state index in [0.29, 0.717) is 39.2 Å². The van der Waals surface area contributed by atoms with Gasteiger partial charge in [-0.25, -0.2) is 13.8 Å². The van der Waals surface area contributed by atoms with Crippen LogP contribution in [0.3, 0.4) is 0 Å². The first-order chi connectivity index (χ1) is 14.3. The Morgan fingerprint density at radius 3 is 2.83 bits per heavy atom. The highest BCUT2D eigenvalue weighted by molar-refractivity contribution is 6.36. The van der Waals surface area contributed by atoms with Crippen LogP contribution in [-0.4, -0.2) is 45.8 Å². The predicted octanol–water partition coefficient (Wildman–Crippen LogP) is 4.03. The van der Waals surface area contributed by atoms with Gasteiger partial charge in [-0.05, 0) is 18.6 Å². The van der Waals surface area contributed by atoms with E-state index < -0.39 is 17.9 Å². The minimum absolute atomic E-state index is 0.0108. The molecule has 5 rings (SSSR count).